The molecule has 0 aliphatic carbocycles. The third-order valence-corrected chi connectivity index (χ3v) is 3.79. The monoisotopic (exact) mass is 314 g/mol. The summed E-state index contributed by atoms with van der Waals surface area (Å²) in [7, 11) is 4.56. The maximum Gasteiger partial charge on any atom is 0.306 e. The Bertz CT molecular complexity index is 474. The number of rotatable bonds is 8. The molecule has 0 saturated heterocycles. The SMILES string of the molecule is CCCCC(CC(=O)OC)c1cc(Cl)c(OC)cc1OC. The van der Waals surface area contributed by atoms with Crippen LogP contribution in [0.25, 0.3) is 0 Å². The molecule has 118 valence electrons. The van der Waals surface area contributed by atoms with Crippen LogP contribution in [-0.2, 0) is 9.53 Å². The molecule has 0 spiro atoms. The van der Waals surface area contributed by atoms with Crippen molar-refractivity contribution in [3.05, 3.63) is 22.7 Å². The molecule has 0 fully saturated rings. The number of unbranched alkanes of at least 4 members (excludes halogenated alkanes) is 1. The van der Waals surface area contributed by atoms with E-state index in [0.717, 1.165) is 24.8 Å². The quantitative estimate of drug-likeness (QED) is 0.675. The zero-order chi connectivity index (χ0) is 15.8. The topological polar surface area (TPSA) is 44.8 Å². The van der Waals surface area contributed by atoms with Crippen molar-refractivity contribution in [1.82, 2.24) is 0 Å². The lowest BCUT2D eigenvalue weighted by Crippen LogP contribution is -2.10. The summed E-state index contributed by atoms with van der Waals surface area (Å²) in [4.78, 5) is 11.6. The lowest BCUT2D eigenvalue weighted by molar-refractivity contribution is -0.141. The van der Waals surface area contributed by atoms with E-state index < -0.39 is 0 Å². The number of hydrogen-bond donors (Lipinski definition) is 0. The maximum absolute atomic E-state index is 11.6. The Morgan fingerprint density at radius 3 is 2.38 bits per heavy atom. The Morgan fingerprint density at radius 2 is 1.86 bits per heavy atom. The van der Waals surface area contributed by atoms with E-state index in [4.69, 9.17) is 25.8 Å². The van der Waals surface area contributed by atoms with Crippen LogP contribution in [0.5, 0.6) is 11.5 Å². The Balaban J connectivity index is 3.15. The molecule has 1 aromatic rings. The van der Waals surface area contributed by atoms with Crippen molar-refractivity contribution in [2.24, 2.45) is 0 Å². The van der Waals surface area contributed by atoms with Crippen LogP contribution in [0.2, 0.25) is 5.02 Å². The predicted molar refractivity (Wildman–Crippen MR) is 83.5 cm³/mol. The van der Waals surface area contributed by atoms with Gasteiger partial charge in [-0.25, -0.2) is 0 Å². The van der Waals surface area contributed by atoms with Crippen LogP contribution in [0.15, 0.2) is 12.1 Å². The zero-order valence-corrected chi connectivity index (χ0v) is 13.8. The fraction of sp³-hybridized carbons (Fsp3) is 0.562. The number of methoxy groups -OCH3 is 3. The molecule has 1 atom stereocenters. The first kappa shape index (κ1) is 17.6. The number of halogens is 1. The van der Waals surface area contributed by atoms with Gasteiger partial charge < -0.3 is 14.2 Å². The fourth-order valence-corrected chi connectivity index (χ4v) is 2.55. The number of benzene rings is 1. The van der Waals surface area contributed by atoms with Crippen molar-refractivity contribution in [3.8, 4) is 11.5 Å². The molecule has 0 aliphatic heterocycles. The molecule has 1 rings (SSSR count). The molecule has 0 aromatic heterocycles. The lowest BCUT2D eigenvalue weighted by atomic mass is 9.90. The molecular formula is C16H23ClO4. The second kappa shape index (κ2) is 8.78. The van der Waals surface area contributed by atoms with Crippen molar-refractivity contribution in [2.45, 2.75) is 38.5 Å². The zero-order valence-electron chi connectivity index (χ0n) is 13.1. The summed E-state index contributed by atoms with van der Waals surface area (Å²) in [5, 5.41) is 0.514. The average Bonchev–Trinajstić information content (AvgIpc) is 2.50. The highest BCUT2D eigenvalue weighted by Crippen LogP contribution is 2.39. The number of carbonyl (C=O) groups is 1. The Hall–Kier alpha value is -1.42. The molecular weight excluding hydrogens is 292 g/mol. The van der Waals surface area contributed by atoms with E-state index in [1.807, 2.05) is 6.07 Å². The highest BCUT2D eigenvalue weighted by atomic mass is 35.5. The predicted octanol–water partition coefficient (Wildman–Crippen LogP) is 4.19. The molecule has 4 nitrogen and oxygen atoms in total. The van der Waals surface area contributed by atoms with Gasteiger partial charge in [-0.2, -0.15) is 0 Å². The number of carbonyl (C=O) groups excluding carboxylic acids is 1. The maximum atomic E-state index is 11.6. The normalized spacial score (nSPS) is 11.9. The van der Waals surface area contributed by atoms with E-state index in [1.54, 1.807) is 20.3 Å². The largest absolute Gasteiger partial charge is 0.496 e. The highest BCUT2D eigenvalue weighted by molar-refractivity contribution is 6.32. The van der Waals surface area contributed by atoms with Crippen molar-refractivity contribution in [3.63, 3.8) is 0 Å². The smallest absolute Gasteiger partial charge is 0.306 e. The van der Waals surface area contributed by atoms with Crippen LogP contribution >= 0.6 is 11.6 Å². The van der Waals surface area contributed by atoms with Gasteiger partial charge in [-0.15, -0.1) is 0 Å². The molecule has 0 radical (unpaired) electrons. The third-order valence-electron chi connectivity index (χ3n) is 3.49. The Morgan fingerprint density at radius 1 is 1.19 bits per heavy atom. The number of ether oxygens (including phenoxy) is 3. The van der Waals surface area contributed by atoms with Crippen LogP contribution in [0.1, 0.15) is 44.1 Å². The second-order valence-electron chi connectivity index (χ2n) is 4.85. The Kier molecular flexibility index (Phi) is 7.37. The summed E-state index contributed by atoms with van der Waals surface area (Å²) in [5.41, 5.74) is 0.919. The first-order chi connectivity index (χ1) is 10.1. The van der Waals surface area contributed by atoms with Gasteiger partial charge in [0.1, 0.15) is 11.5 Å². The van der Waals surface area contributed by atoms with Crippen LogP contribution < -0.4 is 9.47 Å². The summed E-state index contributed by atoms with van der Waals surface area (Å²) in [6.45, 7) is 2.12. The summed E-state index contributed by atoms with van der Waals surface area (Å²) in [5.74, 6) is 1.03. The molecule has 1 aromatic carbocycles. The van der Waals surface area contributed by atoms with Crippen LogP contribution in [-0.4, -0.2) is 27.3 Å². The molecule has 1 unspecified atom stereocenters. The molecule has 5 heteroatoms. The van der Waals surface area contributed by atoms with Crippen molar-refractivity contribution < 1.29 is 19.0 Å². The summed E-state index contributed by atoms with van der Waals surface area (Å²) >= 11 is 6.21. The third kappa shape index (κ3) is 4.81. The van der Waals surface area contributed by atoms with E-state index in [9.17, 15) is 4.79 Å². The van der Waals surface area contributed by atoms with Crippen LogP contribution in [0, 0.1) is 0 Å². The lowest BCUT2D eigenvalue weighted by Gasteiger charge is -2.20. The summed E-state index contributed by atoms with van der Waals surface area (Å²) in [6.07, 6.45) is 3.28. The van der Waals surface area contributed by atoms with E-state index >= 15 is 0 Å². The molecule has 0 aliphatic rings. The summed E-state index contributed by atoms with van der Waals surface area (Å²) < 4.78 is 15.4. The minimum atomic E-state index is -0.231. The molecule has 0 heterocycles. The minimum Gasteiger partial charge on any atom is -0.496 e. The number of hydrogen-bond acceptors (Lipinski definition) is 4. The standard InChI is InChI=1S/C16H23ClO4/c1-5-6-7-11(8-16(18)21-4)12-9-13(17)15(20-3)10-14(12)19-2/h9-11H,5-8H2,1-4H3. The van der Waals surface area contributed by atoms with Gasteiger partial charge in [0.15, 0.2) is 0 Å². The van der Waals surface area contributed by atoms with Crippen molar-refractivity contribution >= 4 is 17.6 Å². The van der Waals surface area contributed by atoms with Crippen molar-refractivity contribution in [2.75, 3.05) is 21.3 Å². The van der Waals surface area contributed by atoms with Gasteiger partial charge in [0.05, 0.1) is 32.8 Å². The van der Waals surface area contributed by atoms with Gasteiger partial charge in [-0.3, -0.25) is 4.79 Å². The van der Waals surface area contributed by atoms with E-state index in [0.29, 0.717) is 22.9 Å². The van der Waals surface area contributed by atoms with Gasteiger partial charge in [0.25, 0.3) is 0 Å². The van der Waals surface area contributed by atoms with Gasteiger partial charge in [-0.1, -0.05) is 31.4 Å². The first-order valence-corrected chi connectivity index (χ1v) is 7.43. The van der Waals surface area contributed by atoms with E-state index in [-0.39, 0.29) is 11.9 Å². The summed E-state index contributed by atoms with van der Waals surface area (Å²) in [6, 6.07) is 3.58. The van der Waals surface area contributed by atoms with Gasteiger partial charge >= 0.3 is 5.97 Å². The number of esters is 1. The first-order valence-electron chi connectivity index (χ1n) is 7.05. The van der Waals surface area contributed by atoms with Gasteiger partial charge in [-0.05, 0) is 24.0 Å². The minimum absolute atomic E-state index is 0.0238. The second-order valence-corrected chi connectivity index (χ2v) is 5.26. The van der Waals surface area contributed by atoms with E-state index in [1.165, 1.54) is 7.11 Å². The molecule has 0 saturated carbocycles. The molecule has 21 heavy (non-hydrogen) atoms. The van der Waals surface area contributed by atoms with E-state index in [2.05, 4.69) is 6.92 Å². The van der Waals surface area contributed by atoms with Crippen LogP contribution in [0.4, 0.5) is 0 Å². The van der Waals surface area contributed by atoms with Crippen molar-refractivity contribution in [1.29, 1.82) is 0 Å². The molecule has 0 amide bonds. The highest BCUT2D eigenvalue weighted by Gasteiger charge is 2.21. The Labute approximate surface area is 131 Å². The van der Waals surface area contributed by atoms with Gasteiger partial charge in [0, 0.05) is 6.07 Å². The molecule has 0 N–H and O–H groups in total. The average molecular weight is 315 g/mol. The molecule has 0 bridgehead atoms. The van der Waals surface area contributed by atoms with Gasteiger partial charge in [0.2, 0.25) is 0 Å². The van der Waals surface area contributed by atoms with Crippen LogP contribution in [0.3, 0.4) is 0 Å². The fourth-order valence-electron chi connectivity index (χ4n) is 2.30.